The molecule has 0 aromatic heterocycles. The fraction of sp³-hybridized carbons (Fsp3) is 0.231. The highest BCUT2D eigenvalue weighted by atomic mass is 79.9. The second-order valence-electron chi connectivity index (χ2n) is 4.54. The summed E-state index contributed by atoms with van der Waals surface area (Å²) in [5, 5.41) is 2.86. The number of halogens is 2. The molecular formula is C13H11Br2NO4. The van der Waals surface area contributed by atoms with E-state index in [-0.39, 0.29) is 5.57 Å². The minimum absolute atomic E-state index is 0.180. The number of ether oxygens (including phenoxy) is 2. The van der Waals surface area contributed by atoms with Gasteiger partial charge in [0.25, 0.3) is 5.79 Å². The first-order chi connectivity index (χ1) is 9.27. The second-order valence-corrected chi connectivity index (χ2v) is 6.37. The number of carbonyl (C=O) groups excluding carboxylic acids is 2. The van der Waals surface area contributed by atoms with Crippen LogP contribution >= 0.6 is 31.9 Å². The topological polar surface area (TPSA) is 64.6 Å². The van der Waals surface area contributed by atoms with Crippen LogP contribution in [0.5, 0.6) is 0 Å². The second kappa shape index (κ2) is 5.57. The summed E-state index contributed by atoms with van der Waals surface area (Å²) in [6.07, 6.45) is 1.27. The minimum Gasteiger partial charge on any atom is -0.419 e. The molecule has 0 atom stereocenters. The zero-order chi connectivity index (χ0) is 14.9. The van der Waals surface area contributed by atoms with Crippen LogP contribution < -0.4 is 5.32 Å². The van der Waals surface area contributed by atoms with E-state index in [2.05, 4.69) is 37.2 Å². The lowest BCUT2D eigenvalue weighted by atomic mass is 10.2. The largest absolute Gasteiger partial charge is 0.419 e. The van der Waals surface area contributed by atoms with Gasteiger partial charge in [-0.15, -0.1) is 0 Å². The van der Waals surface area contributed by atoms with Crippen molar-refractivity contribution in [3.8, 4) is 0 Å². The lowest BCUT2D eigenvalue weighted by molar-refractivity contribution is -0.222. The van der Waals surface area contributed by atoms with Gasteiger partial charge in [0, 0.05) is 34.7 Å². The molecule has 0 amide bonds. The van der Waals surface area contributed by atoms with Crippen LogP contribution in [0.1, 0.15) is 13.8 Å². The molecule has 1 saturated heterocycles. The summed E-state index contributed by atoms with van der Waals surface area (Å²) < 4.78 is 11.7. The third-order valence-corrected chi connectivity index (χ3v) is 3.28. The lowest BCUT2D eigenvalue weighted by Gasteiger charge is -2.29. The number of cyclic esters (lactones) is 2. The molecule has 0 radical (unpaired) electrons. The zero-order valence-electron chi connectivity index (χ0n) is 10.7. The Morgan fingerprint density at radius 2 is 1.55 bits per heavy atom. The normalized spacial score (nSPS) is 17.3. The van der Waals surface area contributed by atoms with Crippen LogP contribution in [0.2, 0.25) is 0 Å². The van der Waals surface area contributed by atoms with Gasteiger partial charge >= 0.3 is 11.9 Å². The number of nitrogens with one attached hydrogen (secondary N) is 1. The lowest BCUT2D eigenvalue weighted by Crippen LogP contribution is -2.42. The molecule has 106 valence electrons. The number of esters is 2. The molecule has 0 unspecified atom stereocenters. The molecule has 0 aliphatic carbocycles. The Labute approximate surface area is 132 Å². The van der Waals surface area contributed by atoms with Crippen molar-refractivity contribution in [2.75, 3.05) is 5.32 Å². The molecular weight excluding hydrogens is 394 g/mol. The maximum atomic E-state index is 11.7. The van der Waals surface area contributed by atoms with Crippen molar-refractivity contribution in [3.63, 3.8) is 0 Å². The summed E-state index contributed by atoms with van der Waals surface area (Å²) in [5.74, 6) is -2.66. The van der Waals surface area contributed by atoms with Crippen LogP contribution in [-0.4, -0.2) is 17.7 Å². The Balaban J connectivity index is 2.19. The Morgan fingerprint density at radius 1 is 1.05 bits per heavy atom. The van der Waals surface area contributed by atoms with E-state index in [9.17, 15) is 9.59 Å². The summed E-state index contributed by atoms with van der Waals surface area (Å²) in [5.41, 5.74) is 0.518. The summed E-state index contributed by atoms with van der Waals surface area (Å²) in [6.45, 7) is 3.00. The molecule has 1 N–H and O–H groups in total. The molecule has 20 heavy (non-hydrogen) atoms. The first-order valence-corrected chi connectivity index (χ1v) is 7.25. The molecule has 0 saturated carbocycles. The van der Waals surface area contributed by atoms with Crippen molar-refractivity contribution < 1.29 is 19.1 Å². The fourth-order valence-electron chi connectivity index (χ4n) is 1.57. The number of rotatable bonds is 2. The van der Waals surface area contributed by atoms with E-state index in [1.54, 1.807) is 12.1 Å². The molecule has 1 aliphatic heterocycles. The molecule has 1 aromatic carbocycles. The number of benzene rings is 1. The van der Waals surface area contributed by atoms with Crippen LogP contribution in [0.4, 0.5) is 5.69 Å². The Morgan fingerprint density at radius 3 is 2.05 bits per heavy atom. The van der Waals surface area contributed by atoms with Gasteiger partial charge in [-0.05, 0) is 18.2 Å². The summed E-state index contributed by atoms with van der Waals surface area (Å²) in [4.78, 5) is 23.5. The number of anilines is 1. The fourth-order valence-corrected chi connectivity index (χ4v) is 2.86. The summed E-state index contributed by atoms with van der Waals surface area (Å²) in [7, 11) is 0. The smallest absolute Gasteiger partial charge is 0.350 e. The third kappa shape index (κ3) is 3.61. The Bertz CT molecular complexity index is 568. The SMILES string of the molecule is CC1(C)OC(=O)C(=CNc2cc(Br)cc(Br)c2)C(=O)O1. The first-order valence-electron chi connectivity index (χ1n) is 5.66. The highest BCUT2D eigenvalue weighted by Crippen LogP contribution is 2.25. The van der Waals surface area contributed by atoms with Crippen LogP contribution in [0, 0.1) is 0 Å². The minimum atomic E-state index is -1.23. The molecule has 1 heterocycles. The van der Waals surface area contributed by atoms with E-state index >= 15 is 0 Å². The van der Waals surface area contributed by atoms with Gasteiger partial charge in [0.2, 0.25) is 0 Å². The van der Waals surface area contributed by atoms with Gasteiger partial charge in [-0.2, -0.15) is 0 Å². The van der Waals surface area contributed by atoms with E-state index in [0.29, 0.717) is 5.69 Å². The predicted molar refractivity (Wildman–Crippen MR) is 79.8 cm³/mol. The molecule has 2 rings (SSSR count). The molecule has 5 nitrogen and oxygen atoms in total. The molecule has 0 bridgehead atoms. The molecule has 0 spiro atoms. The van der Waals surface area contributed by atoms with E-state index in [1.165, 1.54) is 20.0 Å². The van der Waals surface area contributed by atoms with Gasteiger partial charge in [-0.3, -0.25) is 0 Å². The highest BCUT2D eigenvalue weighted by molar-refractivity contribution is 9.11. The third-order valence-electron chi connectivity index (χ3n) is 2.36. The van der Waals surface area contributed by atoms with Crippen LogP contribution in [0.3, 0.4) is 0 Å². The van der Waals surface area contributed by atoms with E-state index in [1.807, 2.05) is 6.07 Å². The molecule has 1 aliphatic rings. The average Bonchev–Trinajstić information content (AvgIpc) is 2.24. The number of carbonyl (C=O) groups is 2. The zero-order valence-corrected chi connectivity index (χ0v) is 13.9. The monoisotopic (exact) mass is 403 g/mol. The number of hydrogen-bond donors (Lipinski definition) is 1. The Kier molecular flexibility index (Phi) is 4.19. The van der Waals surface area contributed by atoms with Gasteiger partial charge in [-0.1, -0.05) is 31.9 Å². The maximum Gasteiger partial charge on any atom is 0.350 e. The van der Waals surface area contributed by atoms with Gasteiger partial charge in [0.1, 0.15) is 0 Å². The number of hydrogen-bond acceptors (Lipinski definition) is 5. The van der Waals surface area contributed by atoms with Gasteiger partial charge in [0.05, 0.1) is 0 Å². The molecule has 1 aromatic rings. The van der Waals surface area contributed by atoms with Gasteiger partial charge in [0.15, 0.2) is 5.57 Å². The van der Waals surface area contributed by atoms with Gasteiger partial charge in [-0.25, -0.2) is 9.59 Å². The van der Waals surface area contributed by atoms with E-state index < -0.39 is 17.7 Å². The predicted octanol–water partition coefficient (Wildman–Crippen LogP) is 3.34. The van der Waals surface area contributed by atoms with Crippen molar-refractivity contribution in [2.45, 2.75) is 19.6 Å². The van der Waals surface area contributed by atoms with Crippen LogP contribution in [0.15, 0.2) is 38.9 Å². The highest BCUT2D eigenvalue weighted by Gasteiger charge is 2.38. The van der Waals surface area contributed by atoms with Crippen molar-refractivity contribution in [1.29, 1.82) is 0 Å². The van der Waals surface area contributed by atoms with Crippen LogP contribution in [0.25, 0.3) is 0 Å². The average molecular weight is 405 g/mol. The van der Waals surface area contributed by atoms with Crippen molar-refractivity contribution in [1.82, 2.24) is 0 Å². The van der Waals surface area contributed by atoms with E-state index in [0.717, 1.165) is 8.95 Å². The quantitative estimate of drug-likeness (QED) is 0.465. The Hall–Kier alpha value is -1.34. The standard InChI is InChI=1S/C13H11Br2NO4/c1-13(2)19-11(17)10(12(18)20-13)6-16-9-4-7(14)3-8(15)5-9/h3-6,16H,1-2H3. The van der Waals surface area contributed by atoms with Crippen molar-refractivity contribution in [3.05, 3.63) is 38.9 Å². The maximum absolute atomic E-state index is 11.7. The van der Waals surface area contributed by atoms with Crippen molar-refractivity contribution in [2.24, 2.45) is 0 Å². The molecule has 1 fully saturated rings. The molecule has 7 heteroatoms. The van der Waals surface area contributed by atoms with E-state index in [4.69, 9.17) is 9.47 Å². The summed E-state index contributed by atoms with van der Waals surface area (Å²) in [6, 6.07) is 5.46. The van der Waals surface area contributed by atoms with Crippen LogP contribution in [-0.2, 0) is 19.1 Å². The van der Waals surface area contributed by atoms with Gasteiger partial charge < -0.3 is 14.8 Å². The first kappa shape index (κ1) is 15.1. The summed E-state index contributed by atoms with van der Waals surface area (Å²) >= 11 is 6.69. The van der Waals surface area contributed by atoms with Crippen molar-refractivity contribution >= 4 is 49.5 Å².